The maximum Gasteiger partial charge on any atom is 0.210 e. The molecule has 8 aliphatic rings. The quantitative estimate of drug-likeness (QED) is 0.757. The van der Waals surface area contributed by atoms with Gasteiger partial charge in [-0.3, -0.25) is 4.79 Å². The third kappa shape index (κ3) is 1.48. The minimum absolute atomic E-state index is 0.00255. The number of hydrogen-bond acceptors (Lipinski definition) is 6. The van der Waals surface area contributed by atoms with Crippen molar-refractivity contribution in [3.63, 3.8) is 0 Å². The third-order valence-electron chi connectivity index (χ3n) is 9.59. The van der Waals surface area contributed by atoms with E-state index in [-0.39, 0.29) is 46.4 Å². The highest BCUT2D eigenvalue weighted by molar-refractivity contribution is 5.93. The third-order valence-corrected chi connectivity index (χ3v) is 9.59. The molecule has 4 aliphatic carbocycles. The Labute approximate surface area is 159 Å². The number of rotatable bonds is 2. The molecule has 6 heteroatoms. The first kappa shape index (κ1) is 17.3. The standard InChI is InChI=1S/C21H30O6/c1-18(2)7-4-8-19-12-6-5-10-11(9-25-3)14(22)20(12)16(10)26-17(19)27-21(20,24)15(23)13(18)19/h10-13,15-17,23-24H,4-9H2,1-3H3/t10-,11+,12-,13+,15-,16?,17?,19+,20-,21-/m0/s1. The van der Waals surface area contributed by atoms with Gasteiger partial charge >= 0.3 is 0 Å². The summed E-state index contributed by atoms with van der Waals surface area (Å²) in [5.41, 5.74) is -1.65. The molecule has 4 saturated heterocycles. The number of methoxy groups -OCH3 is 1. The topological polar surface area (TPSA) is 85.2 Å². The molecule has 27 heavy (non-hydrogen) atoms. The van der Waals surface area contributed by atoms with Gasteiger partial charge in [0.2, 0.25) is 5.79 Å². The molecular formula is C21H30O6. The van der Waals surface area contributed by atoms with Crippen LogP contribution in [-0.2, 0) is 19.0 Å². The van der Waals surface area contributed by atoms with E-state index in [1.54, 1.807) is 7.11 Å². The van der Waals surface area contributed by atoms with E-state index in [9.17, 15) is 15.0 Å². The summed E-state index contributed by atoms with van der Waals surface area (Å²) in [7, 11) is 1.61. The van der Waals surface area contributed by atoms with Gasteiger partial charge in [-0.15, -0.1) is 0 Å². The van der Waals surface area contributed by atoms with E-state index in [1.165, 1.54) is 0 Å². The summed E-state index contributed by atoms with van der Waals surface area (Å²) in [6.45, 7) is 4.71. The van der Waals surface area contributed by atoms with Crippen LogP contribution in [0.1, 0.15) is 46.0 Å². The van der Waals surface area contributed by atoms with E-state index >= 15 is 0 Å². The molecule has 8 rings (SSSR count). The molecule has 0 radical (unpaired) electrons. The molecule has 4 heterocycles. The van der Waals surface area contributed by atoms with Crippen LogP contribution in [0.5, 0.6) is 0 Å². The van der Waals surface area contributed by atoms with E-state index in [0.717, 1.165) is 32.1 Å². The maximum absolute atomic E-state index is 13.8. The van der Waals surface area contributed by atoms with Crippen molar-refractivity contribution >= 4 is 5.78 Å². The highest BCUT2D eigenvalue weighted by Gasteiger charge is 2.91. The molecule has 0 aromatic carbocycles. The fraction of sp³-hybridized carbons (Fsp3) is 0.952. The Morgan fingerprint density at radius 1 is 1.26 bits per heavy atom. The second-order valence-electron chi connectivity index (χ2n) is 10.7. The minimum Gasteiger partial charge on any atom is -0.387 e. The minimum atomic E-state index is -1.84. The summed E-state index contributed by atoms with van der Waals surface area (Å²) in [4.78, 5) is 13.8. The first-order chi connectivity index (χ1) is 12.8. The van der Waals surface area contributed by atoms with Crippen molar-refractivity contribution in [2.24, 2.45) is 39.9 Å². The number of Topliss-reactive ketones (excluding diaryl/α,β-unsaturated/α-hetero) is 1. The lowest BCUT2D eigenvalue weighted by Gasteiger charge is -2.79. The summed E-state index contributed by atoms with van der Waals surface area (Å²) >= 11 is 0. The molecule has 4 aliphatic heterocycles. The average Bonchev–Trinajstić information content (AvgIpc) is 2.75. The summed E-state index contributed by atoms with van der Waals surface area (Å²) < 4.78 is 18.0. The van der Waals surface area contributed by atoms with Crippen LogP contribution in [0.4, 0.5) is 0 Å². The van der Waals surface area contributed by atoms with Gasteiger partial charge in [0.25, 0.3) is 0 Å². The first-order valence-electron chi connectivity index (χ1n) is 10.5. The van der Waals surface area contributed by atoms with Crippen molar-refractivity contribution in [2.45, 2.75) is 70.2 Å². The SMILES string of the molecule is COC[C@H]1C(=O)[C@@]23C4OC5O[C@@]2(O)[C@@H](O)[C@@H]2C(C)(C)CCC[C@]52[C@@H]3CC[C@H]41. The van der Waals surface area contributed by atoms with E-state index < -0.39 is 23.6 Å². The molecule has 0 aromatic rings. The molecule has 2 spiro atoms. The van der Waals surface area contributed by atoms with Gasteiger partial charge in [0.05, 0.1) is 12.7 Å². The molecule has 2 unspecified atom stereocenters. The van der Waals surface area contributed by atoms with Crippen molar-refractivity contribution < 1.29 is 29.2 Å². The molecule has 0 aromatic heterocycles. The van der Waals surface area contributed by atoms with E-state index in [1.807, 2.05) is 0 Å². The Bertz CT molecular complexity index is 721. The lowest BCUT2D eigenvalue weighted by molar-refractivity contribution is -0.549. The molecule has 6 nitrogen and oxygen atoms in total. The van der Waals surface area contributed by atoms with Crippen LogP contribution in [0.25, 0.3) is 0 Å². The van der Waals surface area contributed by atoms with Gasteiger partial charge in [-0.1, -0.05) is 20.3 Å². The first-order valence-corrected chi connectivity index (χ1v) is 10.5. The second-order valence-corrected chi connectivity index (χ2v) is 10.7. The van der Waals surface area contributed by atoms with Crippen LogP contribution in [0.15, 0.2) is 0 Å². The Balaban J connectivity index is 1.61. The van der Waals surface area contributed by atoms with Crippen molar-refractivity contribution in [3.8, 4) is 0 Å². The zero-order valence-electron chi connectivity index (χ0n) is 16.3. The Morgan fingerprint density at radius 2 is 2.04 bits per heavy atom. The van der Waals surface area contributed by atoms with Gasteiger partial charge in [-0.05, 0) is 42.9 Å². The molecule has 150 valence electrons. The smallest absolute Gasteiger partial charge is 0.210 e. The van der Waals surface area contributed by atoms with Crippen LogP contribution in [0.2, 0.25) is 0 Å². The largest absolute Gasteiger partial charge is 0.387 e. The zero-order chi connectivity index (χ0) is 19.0. The number of ether oxygens (including phenoxy) is 3. The van der Waals surface area contributed by atoms with Gasteiger partial charge in [-0.25, -0.2) is 0 Å². The summed E-state index contributed by atoms with van der Waals surface area (Å²) in [6, 6.07) is 0. The molecule has 2 N–H and O–H groups in total. The second kappa shape index (κ2) is 4.78. The predicted octanol–water partition coefficient (Wildman–Crippen LogP) is 1.48. The van der Waals surface area contributed by atoms with Gasteiger partial charge in [0, 0.05) is 24.4 Å². The Kier molecular flexibility index (Phi) is 3.07. The fourth-order valence-electron chi connectivity index (χ4n) is 9.04. The number of hydrogen-bond donors (Lipinski definition) is 2. The van der Waals surface area contributed by atoms with Crippen LogP contribution < -0.4 is 0 Å². The molecule has 0 amide bonds. The molecule has 8 fully saturated rings. The van der Waals surface area contributed by atoms with Crippen LogP contribution >= 0.6 is 0 Å². The molecular weight excluding hydrogens is 348 g/mol. The Hall–Kier alpha value is -0.530. The van der Waals surface area contributed by atoms with Crippen LogP contribution in [0, 0.1) is 39.9 Å². The summed E-state index contributed by atoms with van der Waals surface area (Å²) in [5.74, 6) is -2.18. The van der Waals surface area contributed by atoms with Crippen molar-refractivity contribution in [1.29, 1.82) is 0 Å². The molecule has 10 atom stereocenters. The van der Waals surface area contributed by atoms with E-state index in [0.29, 0.717) is 6.61 Å². The highest BCUT2D eigenvalue weighted by atomic mass is 16.8. The number of ketones is 1. The predicted molar refractivity (Wildman–Crippen MR) is 93.3 cm³/mol. The monoisotopic (exact) mass is 378 g/mol. The van der Waals surface area contributed by atoms with Crippen molar-refractivity contribution in [1.82, 2.24) is 0 Å². The van der Waals surface area contributed by atoms with Gasteiger partial charge < -0.3 is 24.4 Å². The number of carbonyl (C=O) groups excluding carboxylic acids is 1. The number of carbonyl (C=O) groups is 1. The lowest BCUT2D eigenvalue weighted by atomic mass is 9.34. The van der Waals surface area contributed by atoms with Gasteiger partial charge in [0.1, 0.15) is 11.5 Å². The number of aliphatic hydroxyl groups excluding tert-OH is 1. The van der Waals surface area contributed by atoms with E-state index in [4.69, 9.17) is 14.2 Å². The van der Waals surface area contributed by atoms with E-state index in [2.05, 4.69) is 13.8 Å². The van der Waals surface area contributed by atoms with Gasteiger partial charge in [0.15, 0.2) is 12.1 Å². The highest BCUT2D eigenvalue weighted by Crippen LogP contribution is 2.81. The molecule has 7 bridgehead atoms. The number of aliphatic hydroxyl groups is 2. The van der Waals surface area contributed by atoms with Crippen LogP contribution in [-0.4, -0.2) is 54.0 Å². The molecule has 4 saturated carbocycles. The summed E-state index contributed by atoms with van der Waals surface area (Å²) in [6.07, 6.45) is 2.81. The lowest BCUT2D eigenvalue weighted by Crippen LogP contribution is -2.89. The maximum atomic E-state index is 13.8. The fourth-order valence-corrected chi connectivity index (χ4v) is 9.04. The van der Waals surface area contributed by atoms with Crippen molar-refractivity contribution in [3.05, 3.63) is 0 Å². The van der Waals surface area contributed by atoms with Crippen LogP contribution in [0.3, 0.4) is 0 Å². The zero-order valence-corrected chi connectivity index (χ0v) is 16.3. The van der Waals surface area contributed by atoms with Gasteiger partial charge in [-0.2, -0.15) is 0 Å². The Morgan fingerprint density at radius 3 is 2.78 bits per heavy atom. The normalized spacial score (nSPS) is 62.0. The summed E-state index contributed by atoms with van der Waals surface area (Å²) in [5, 5.41) is 23.4. The average molecular weight is 378 g/mol. The van der Waals surface area contributed by atoms with Crippen molar-refractivity contribution in [2.75, 3.05) is 13.7 Å².